The highest BCUT2D eigenvalue weighted by molar-refractivity contribution is 7.82. The fourth-order valence-electron chi connectivity index (χ4n) is 1.89. The first-order valence-corrected chi connectivity index (χ1v) is 8.54. The molecule has 0 aliphatic heterocycles. The van der Waals surface area contributed by atoms with Gasteiger partial charge in [0.1, 0.15) is 16.8 Å². The van der Waals surface area contributed by atoms with Crippen LogP contribution in [0.2, 0.25) is 5.02 Å². The molecule has 2 aromatic carbocycles. The van der Waals surface area contributed by atoms with Crippen LogP contribution in [-0.4, -0.2) is 22.6 Å². The fourth-order valence-corrected chi connectivity index (χ4v) is 2.93. The van der Waals surface area contributed by atoms with Crippen molar-refractivity contribution in [3.05, 3.63) is 52.8 Å². The van der Waals surface area contributed by atoms with E-state index in [4.69, 9.17) is 11.6 Å². The summed E-state index contributed by atoms with van der Waals surface area (Å²) in [6.45, 7) is 5.70. The second-order valence-electron chi connectivity index (χ2n) is 4.64. The Labute approximate surface area is 139 Å². The lowest BCUT2D eigenvalue weighted by molar-refractivity contribution is 0.602. The Balaban J connectivity index is 0.00000116. The van der Waals surface area contributed by atoms with Crippen molar-refractivity contribution in [2.24, 2.45) is 0 Å². The number of hydrogen-bond donors (Lipinski definition) is 0. The van der Waals surface area contributed by atoms with E-state index >= 15 is 0 Å². The molecule has 0 amide bonds. The summed E-state index contributed by atoms with van der Waals surface area (Å²) in [7, 11) is 2.15. The summed E-state index contributed by atoms with van der Waals surface area (Å²) < 4.78 is 27.9. The second kappa shape index (κ2) is 8.42. The van der Waals surface area contributed by atoms with Gasteiger partial charge in [0.2, 0.25) is 0 Å². The molecule has 2 nitrogen and oxygen atoms in total. The van der Waals surface area contributed by atoms with Crippen LogP contribution in [0.3, 0.4) is 0 Å². The van der Waals surface area contributed by atoms with Gasteiger partial charge in [-0.3, -0.25) is 0 Å². The van der Waals surface area contributed by atoms with Crippen molar-refractivity contribution in [1.29, 1.82) is 0 Å². The van der Waals surface area contributed by atoms with Gasteiger partial charge in [0.25, 0.3) is 0 Å². The number of halogens is 2. The maximum atomic E-state index is 14.2. The summed E-state index contributed by atoms with van der Waals surface area (Å²) in [4.78, 5) is 0.593. The number of nitrogens with zero attached hydrogens (tertiary/aromatic N) is 1. The number of hydrogen-bond acceptors (Lipinski definition) is 1. The van der Waals surface area contributed by atoms with Crippen LogP contribution >= 0.6 is 11.6 Å². The molecule has 0 saturated carbocycles. The molecule has 22 heavy (non-hydrogen) atoms. The first kappa shape index (κ1) is 18.8. The summed E-state index contributed by atoms with van der Waals surface area (Å²) in [6.07, 6.45) is 0. The van der Waals surface area contributed by atoms with Crippen molar-refractivity contribution in [2.75, 3.05) is 14.1 Å². The van der Waals surface area contributed by atoms with Gasteiger partial charge in [0.05, 0.1) is 4.90 Å². The molecule has 0 heterocycles. The highest BCUT2D eigenvalue weighted by Crippen LogP contribution is 2.32. The molecule has 0 bridgehead atoms. The lowest BCUT2D eigenvalue weighted by Crippen LogP contribution is -2.15. The standard InChI is InChI=1S/C15H15ClFNOS.C2H6/c1-10-5-4-6-12(15(10)17)13-9-11(7-8-14(13)16)20(19)18(2)3;1-2/h4-9H,1-3H3;1-2H3. The molecule has 0 N–H and O–H groups in total. The third-order valence-corrected chi connectivity index (χ3v) is 4.60. The molecule has 2 rings (SSSR count). The topological polar surface area (TPSA) is 20.3 Å². The molecule has 0 aliphatic carbocycles. The minimum Gasteiger partial charge on any atom is -0.237 e. The van der Waals surface area contributed by atoms with Crippen LogP contribution in [0, 0.1) is 12.7 Å². The first-order chi connectivity index (χ1) is 10.4. The van der Waals surface area contributed by atoms with Crippen LogP contribution in [0.25, 0.3) is 11.1 Å². The average Bonchev–Trinajstić information content (AvgIpc) is 2.52. The Morgan fingerprint density at radius 1 is 1.09 bits per heavy atom. The minimum atomic E-state index is -1.29. The van der Waals surface area contributed by atoms with E-state index in [2.05, 4.69) is 0 Å². The van der Waals surface area contributed by atoms with Gasteiger partial charge in [-0.05, 0) is 44.8 Å². The maximum absolute atomic E-state index is 14.2. The molecular weight excluding hydrogens is 321 g/mol. The van der Waals surface area contributed by atoms with Crippen molar-refractivity contribution in [3.63, 3.8) is 0 Å². The number of rotatable bonds is 3. The summed E-state index contributed by atoms with van der Waals surface area (Å²) in [5.41, 5.74) is 1.53. The van der Waals surface area contributed by atoms with Crippen molar-refractivity contribution in [3.8, 4) is 11.1 Å². The quantitative estimate of drug-likeness (QED) is 0.763. The van der Waals surface area contributed by atoms with Crippen LogP contribution in [0.15, 0.2) is 41.3 Å². The molecule has 0 aliphatic rings. The monoisotopic (exact) mass is 341 g/mol. The lowest BCUT2D eigenvalue weighted by atomic mass is 10.0. The predicted molar refractivity (Wildman–Crippen MR) is 93.0 cm³/mol. The lowest BCUT2D eigenvalue weighted by Gasteiger charge is -2.12. The minimum absolute atomic E-state index is 0.304. The molecule has 2 aromatic rings. The Kier molecular flexibility index (Phi) is 7.20. The summed E-state index contributed by atoms with van der Waals surface area (Å²) >= 11 is 6.16. The normalized spacial score (nSPS) is 11.8. The van der Waals surface area contributed by atoms with Gasteiger partial charge < -0.3 is 0 Å². The van der Waals surface area contributed by atoms with Gasteiger partial charge in [-0.15, -0.1) is 0 Å². The first-order valence-electron chi connectivity index (χ1n) is 7.06. The Morgan fingerprint density at radius 2 is 1.73 bits per heavy atom. The Morgan fingerprint density at radius 3 is 2.32 bits per heavy atom. The van der Waals surface area contributed by atoms with Gasteiger partial charge in [-0.25, -0.2) is 12.9 Å². The molecular formula is C17H21ClFNOS. The van der Waals surface area contributed by atoms with E-state index in [1.54, 1.807) is 61.7 Å². The predicted octanol–water partition coefficient (Wildman–Crippen LogP) is 5.06. The maximum Gasteiger partial charge on any atom is 0.133 e. The van der Waals surface area contributed by atoms with Crippen LogP contribution in [0.5, 0.6) is 0 Å². The summed E-state index contributed by atoms with van der Waals surface area (Å²) in [5, 5.41) is 0.439. The molecule has 0 aromatic heterocycles. The molecule has 0 saturated heterocycles. The van der Waals surface area contributed by atoms with Crippen LogP contribution < -0.4 is 0 Å². The van der Waals surface area contributed by atoms with Crippen molar-refractivity contribution >= 4 is 22.6 Å². The Bertz CT molecular complexity index is 674. The summed E-state index contributed by atoms with van der Waals surface area (Å²) in [5.74, 6) is -0.304. The molecule has 120 valence electrons. The van der Waals surface area contributed by atoms with Gasteiger partial charge in [0, 0.05) is 16.1 Å². The largest absolute Gasteiger partial charge is 0.237 e. The van der Waals surface area contributed by atoms with E-state index in [1.807, 2.05) is 13.8 Å². The van der Waals surface area contributed by atoms with Crippen LogP contribution in [0.1, 0.15) is 19.4 Å². The molecule has 1 atom stereocenters. The van der Waals surface area contributed by atoms with E-state index < -0.39 is 11.0 Å². The number of benzene rings is 2. The van der Waals surface area contributed by atoms with E-state index in [9.17, 15) is 8.60 Å². The van der Waals surface area contributed by atoms with E-state index in [1.165, 1.54) is 0 Å². The van der Waals surface area contributed by atoms with Crippen LogP contribution in [-0.2, 0) is 11.0 Å². The highest BCUT2D eigenvalue weighted by atomic mass is 35.5. The number of aryl methyl sites for hydroxylation is 1. The third kappa shape index (κ3) is 4.15. The van der Waals surface area contributed by atoms with Crippen molar-refractivity contribution < 1.29 is 8.60 Å². The van der Waals surface area contributed by atoms with Gasteiger partial charge in [0.15, 0.2) is 0 Å². The zero-order chi connectivity index (χ0) is 16.9. The second-order valence-corrected chi connectivity index (χ2v) is 6.75. The molecule has 5 heteroatoms. The van der Waals surface area contributed by atoms with E-state index in [0.717, 1.165) is 0 Å². The zero-order valence-electron chi connectivity index (χ0n) is 13.5. The van der Waals surface area contributed by atoms with E-state index in [-0.39, 0.29) is 5.82 Å². The van der Waals surface area contributed by atoms with Gasteiger partial charge in [-0.2, -0.15) is 0 Å². The highest BCUT2D eigenvalue weighted by Gasteiger charge is 2.14. The van der Waals surface area contributed by atoms with Crippen molar-refractivity contribution in [1.82, 2.24) is 4.31 Å². The SMILES string of the molecule is CC.Cc1cccc(-c2cc(S(=O)N(C)C)ccc2Cl)c1F. The Hall–Kier alpha value is -1.23. The fraction of sp³-hybridized carbons (Fsp3) is 0.294. The van der Waals surface area contributed by atoms with Gasteiger partial charge >= 0.3 is 0 Å². The molecule has 1 unspecified atom stereocenters. The smallest absolute Gasteiger partial charge is 0.133 e. The third-order valence-electron chi connectivity index (χ3n) is 2.95. The van der Waals surface area contributed by atoms with Crippen LogP contribution in [0.4, 0.5) is 4.39 Å². The van der Waals surface area contributed by atoms with Crippen molar-refractivity contribution in [2.45, 2.75) is 25.7 Å². The molecule has 0 spiro atoms. The molecule has 0 fully saturated rings. The van der Waals surface area contributed by atoms with E-state index in [0.29, 0.717) is 26.6 Å². The average molecular weight is 342 g/mol. The summed E-state index contributed by atoms with van der Waals surface area (Å²) in [6, 6.07) is 10.2. The molecule has 0 radical (unpaired) electrons. The zero-order valence-corrected chi connectivity index (χ0v) is 15.1. The van der Waals surface area contributed by atoms with Gasteiger partial charge in [-0.1, -0.05) is 43.6 Å².